The zero-order chi connectivity index (χ0) is 32.8. The Kier molecular flexibility index (Phi) is 10.9. The number of ether oxygens (including phenoxy) is 1. The van der Waals surface area contributed by atoms with Gasteiger partial charge in [0.2, 0.25) is 3.79 Å². The Hall–Kier alpha value is -3.61. The molecule has 46 heavy (non-hydrogen) atoms. The Morgan fingerprint density at radius 2 is 1.61 bits per heavy atom. The third kappa shape index (κ3) is 9.23. The zero-order valence-corrected chi connectivity index (χ0v) is 29.0. The second-order valence-corrected chi connectivity index (χ2v) is 14.8. The molecule has 14 heteroatoms. The number of carbonyl (C=O) groups is 2. The van der Waals surface area contributed by atoms with Crippen molar-refractivity contribution in [2.75, 3.05) is 22.6 Å². The maximum absolute atomic E-state index is 13.3. The van der Waals surface area contributed by atoms with E-state index in [4.69, 9.17) is 44.5 Å². The van der Waals surface area contributed by atoms with Crippen molar-refractivity contribution in [1.29, 1.82) is 0 Å². The lowest BCUT2D eigenvalue weighted by Gasteiger charge is -2.15. The van der Waals surface area contributed by atoms with Gasteiger partial charge in [-0.3, -0.25) is 10.1 Å². The molecule has 5 rings (SSSR count). The summed E-state index contributed by atoms with van der Waals surface area (Å²) >= 11 is 21.8. The van der Waals surface area contributed by atoms with Crippen LogP contribution in [0.2, 0.25) is 0 Å². The molecule has 236 valence electrons. The lowest BCUT2D eigenvalue weighted by molar-refractivity contribution is 0.102. The molecule has 0 atom stereocenters. The van der Waals surface area contributed by atoms with E-state index in [-0.39, 0.29) is 18.4 Å². The number of nitrogens with one attached hydrogen (secondary N) is 3. The van der Waals surface area contributed by atoms with Gasteiger partial charge in [0.25, 0.3) is 5.91 Å². The second kappa shape index (κ2) is 14.9. The summed E-state index contributed by atoms with van der Waals surface area (Å²) < 4.78 is 4.13. The average molecular weight is 761 g/mol. The number of hydrogen-bond donors (Lipinski definition) is 3. The Balaban J connectivity index is 1.41. The van der Waals surface area contributed by atoms with Crippen molar-refractivity contribution < 1.29 is 14.3 Å². The van der Waals surface area contributed by atoms with Crippen LogP contribution in [-0.2, 0) is 4.74 Å². The summed E-state index contributed by atoms with van der Waals surface area (Å²) in [6.07, 6.45) is 0.713. The van der Waals surface area contributed by atoms with Gasteiger partial charge >= 0.3 is 6.09 Å². The minimum Gasteiger partial charge on any atom is -0.445 e. The smallest absolute Gasteiger partial charge is 0.411 e. The molecule has 0 aliphatic carbocycles. The highest BCUT2D eigenvalue weighted by Gasteiger charge is 2.22. The van der Waals surface area contributed by atoms with Gasteiger partial charge in [-0.2, -0.15) is 0 Å². The molecule has 0 saturated heterocycles. The summed E-state index contributed by atoms with van der Waals surface area (Å²) in [5.74, 6) is 0.524. The van der Waals surface area contributed by atoms with Crippen molar-refractivity contribution in [3.05, 3.63) is 101 Å². The van der Waals surface area contributed by atoms with E-state index in [1.165, 1.54) is 18.1 Å². The van der Waals surface area contributed by atoms with Crippen LogP contribution < -0.4 is 16.0 Å². The first-order valence-electron chi connectivity index (χ1n) is 13.8. The van der Waals surface area contributed by atoms with Crippen LogP contribution in [0.5, 0.6) is 0 Å². The summed E-state index contributed by atoms with van der Waals surface area (Å²) in [6, 6.07) is 23.8. The Labute approximate surface area is 292 Å². The summed E-state index contributed by atoms with van der Waals surface area (Å²) in [5.41, 5.74) is 3.76. The van der Waals surface area contributed by atoms with Crippen LogP contribution in [0.15, 0.2) is 99.5 Å². The Bertz CT molecular complexity index is 1870. The van der Waals surface area contributed by atoms with Gasteiger partial charge in [-0.15, -0.1) is 0 Å². The number of aromatic nitrogens is 3. The second-order valence-electron chi connectivity index (χ2n) is 10.2. The van der Waals surface area contributed by atoms with Crippen molar-refractivity contribution in [3.8, 4) is 0 Å². The standard InChI is InChI=1S/C32H26BrCl3N6O3S/c1-18(2)25-13-12-24-28(41-25)37-17-38-29(24)42-26-15-19(30(43)39-21-6-4-20(33)5-7-21)3-14-27(26)46-23-10-8-22(9-11-23)40-31(44)45-16-32(34,35)36/h3-15,17-18H,16H2,1-2H3,(H,39,43)(H,40,44)(H,37,38,41,42). The van der Waals surface area contributed by atoms with Gasteiger partial charge in [0.1, 0.15) is 18.8 Å². The molecule has 0 radical (unpaired) electrons. The first kappa shape index (κ1) is 33.7. The number of hydrogen-bond acceptors (Lipinski definition) is 8. The van der Waals surface area contributed by atoms with E-state index in [0.29, 0.717) is 34.1 Å². The molecule has 0 fully saturated rings. The molecular formula is C32H26BrCl3N6O3S. The third-order valence-corrected chi connectivity index (χ3v) is 8.34. The number of halogens is 4. The molecule has 2 amide bonds. The minimum atomic E-state index is -1.70. The number of benzene rings is 3. The largest absolute Gasteiger partial charge is 0.445 e. The molecule has 9 nitrogen and oxygen atoms in total. The van der Waals surface area contributed by atoms with Gasteiger partial charge in [0.15, 0.2) is 5.65 Å². The number of carbonyl (C=O) groups excluding carboxylic acids is 2. The molecule has 2 aromatic heterocycles. The van der Waals surface area contributed by atoms with Crippen LogP contribution in [0.3, 0.4) is 0 Å². The number of pyridine rings is 1. The number of anilines is 4. The topological polar surface area (TPSA) is 118 Å². The molecule has 0 aliphatic rings. The molecule has 5 aromatic rings. The van der Waals surface area contributed by atoms with Gasteiger partial charge in [0.05, 0.1) is 11.1 Å². The molecular weight excluding hydrogens is 735 g/mol. The van der Waals surface area contributed by atoms with Crippen molar-refractivity contribution in [2.24, 2.45) is 0 Å². The van der Waals surface area contributed by atoms with E-state index in [1.54, 1.807) is 24.3 Å². The molecule has 0 saturated carbocycles. The molecule has 2 heterocycles. The summed E-state index contributed by atoms with van der Waals surface area (Å²) in [6.45, 7) is 3.76. The maximum Gasteiger partial charge on any atom is 0.411 e. The van der Waals surface area contributed by atoms with Crippen LogP contribution in [0.25, 0.3) is 11.0 Å². The van der Waals surface area contributed by atoms with E-state index in [9.17, 15) is 9.59 Å². The maximum atomic E-state index is 13.3. The van der Waals surface area contributed by atoms with Gasteiger partial charge in [-0.05, 0) is 84.8 Å². The quantitative estimate of drug-likeness (QED) is 0.127. The third-order valence-electron chi connectivity index (χ3n) is 6.40. The van der Waals surface area contributed by atoms with Crippen LogP contribution in [0, 0.1) is 0 Å². The minimum absolute atomic E-state index is 0.244. The number of rotatable bonds is 9. The molecule has 0 spiro atoms. The Morgan fingerprint density at radius 3 is 2.30 bits per heavy atom. The summed E-state index contributed by atoms with van der Waals surface area (Å²) in [4.78, 5) is 40.5. The normalized spacial score (nSPS) is 11.4. The SMILES string of the molecule is CC(C)c1ccc2c(Nc3cc(C(=O)Nc4ccc(Br)cc4)ccc3Sc3ccc(NC(=O)OCC(Cl)(Cl)Cl)cc3)ncnc2n1. The fraction of sp³-hybridized carbons (Fsp3) is 0.156. The highest BCUT2D eigenvalue weighted by Crippen LogP contribution is 2.37. The molecule has 3 N–H and O–H groups in total. The van der Waals surface area contributed by atoms with Gasteiger partial charge in [0, 0.05) is 36.9 Å². The van der Waals surface area contributed by atoms with Crippen LogP contribution in [0.1, 0.15) is 35.8 Å². The number of nitrogens with zero attached hydrogens (tertiary/aromatic N) is 3. The lowest BCUT2D eigenvalue weighted by atomic mass is 10.1. The van der Waals surface area contributed by atoms with E-state index in [0.717, 1.165) is 25.3 Å². The van der Waals surface area contributed by atoms with E-state index in [1.807, 2.05) is 54.6 Å². The van der Waals surface area contributed by atoms with Crippen molar-refractivity contribution in [2.45, 2.75) is 33.3 Å². The predicted molar refractivity (Wildman–Crippen MR) is 189 cm³/mol. The number of amides is 2. The van der Waals surface area contributed by atoms with Gasteiger partial charge < -0.3 is 15.4 Å². The fourth-order valence-electron chi connectivity index (χ4n) is 4.13. The van der Waals surface area contributed by atoms with Crippen LogP contribution in [0.4, 0.5) is 27.7 Å². The Morgan fingerprint density at radius 1 is 0.913 bits per heavy atom. The monoisotopic (exact) mass is 758 g/mol. The van der Waals surface area contributed by atoms with Crippen LogP contribution in [-0.4, -0.2) is 37.4 Å². The van der Waals surface area contributed by atoms with E-state index in [2.05, 4.69) is 55.7 Å². The van der Waals surface area contributed by atoms with Crippen molar-refractivity contribution in [1.82, 2.24) is 15.0 Å². The van der Waals surface area contributed by atoms with Crippen LogP contribution >= 0.6 is 62.5 Å². The molecule has 0 aliphatic heterocycles. The average Bonchev–Trinajstić information content (AvgIpc) is 3.02. The van der Waals surface area contributed by atoms with E-state index < -0.39 is 9.89 Å². The first-order valence-corrected chi connectivity index (χ1v) is 16.6. The van der Waals surface area contributed by atoms with Gasteiger partial charge in [-0.25, -0.2) is 19.7 Å². The summed E-state index contributed by atoms with van der Waals surface area (Å²) in [5, 5.41) is 9.68. The number of fused-ring (bicyclic) bond motifs is 1. The fourth-order valence-corrected chi connectivity index (χ4v) is 5.44. The molecule has 3 aromatic carbocycles. The molecule has 0 bridgehead atoms. The van der Waals surface area contributed by atoms with Crippen molar-refractivity contribution in [3.63, 3.8) is 0 Å². The zero-order valence-electron chi connectivity index (χ0n) is 24.4. The lowest BCUT2D eigenvalue weighted by Crippen LogP contribution is -2.21. The van der Waals surface area contributed by atoms with Gasteiger partial charge in [-0.1, -0.05) is 76.3 Å². The highest BCUT2D eigenvalue weighted by atomic mass is 79.9. The first-order chi connectivity index (χ1) is 21.9. The number of alkyl halides is 3. The van der Waals surface area contributed by atoms with Crippen molar-refractivity contribution >= 4 is 108 Å². The molecule has 0 unspecified atom stereocenters. The highest BCUT2D eigenvalue weighted by molar-refractivity contribution is 9.10. The summed E-state index contributed by atoms with van der Waals surface area (Å²) in [7, 11) is 0. The van der Waals surface area contributed by atoms with E-state index >= 15 is 0 Å². The predicted octanol–water partition coefficient (Wildman–Crippen LogP) is 9.98.